The van der Waals surface area contributed by atoms with E-state index in [2.05, 4.69) is 12.2 Å². The van der Waals surface area contributed by atoms with Gasteiger partial charge < -0.3 is 10.1 Å². The highest BCUT2D eigenvalue weighted by atomic mass is 16.5. The Bertz CT molecular complexity index is 651. The van der Waals surface area contributed by atoms with Crippen molar-refractivity contribution in [1.29, 1.82) is 0 Å². The van der Waals surface area contributed by atoms with Crippen molar-refractivity contribution in [2.24, 2.45) is 0 Å². The van der Waals surface area contributed by atoms with Crippen molar-refractivity contribution < 1.29 is 14.3 Å². The average molecular weight is 458 g/mol. The summed E-state index contributed by atoms with van der Waals surface area (Å²) in [7, 11) is 0. The van der Waals surface area contributed by atoms with Gasteiger partial charge in [-0.25, -0.2) is 0 Å². The summed E-state index contributed by atoms with van der Waals surface area (Å²) in [6.07, 6.45) is 24.9. The molecule has 0 fully saturated rings. The molecule has 0 unspecified atom stereocenters. The van der Waals surface area contributed by atoms with Crippen molar-refractivity contribution >= 4 is 18.0 Å². The monoisotopic (exact) mass is 457 g/mol. The Balaban J connectivity index is 1.89. The van der Waals surface area contributed by atoms with Crippen LogP contribution < -0.4 is 10.1 Å². The molecule has 0 aliphatic heterocycles. The molecule has 0 atom stereocenters. The molecule has 4 nitrogen and oxygen atoms in total. The number of carbonyl (C=O) groups excluding carboxylic acids is 2. The standard InChI is InChI=1S/C29H47NO3/c1-3-4-5-6-7-8-9-10-11-12-13-14-15-16-17-18-25-30-29(32)24-21-27-19-22-28(23-20-27)33-26(2)31/h19-24H,3-18,25H2,1-2H3,(H,30,32). The van der Waals surface area contributed by atoms with Crippen molar-refractivity contribution in [3.63, 3.8) is 0 Å². The van der Waals surface area contributed by atoms with Gasteiger partial charge >= 0.3 is 5.97 Å². The third kappa shape index (κ3) is 18.1. The van der Waals surface area contributed by atoms with Crippen LogP contribution in [0.3, 0.4) is 0 Å². The SMILES string of the molecule is CCCCCCCCCCCCCCCCCCNC(=O)C=Cc1ccc(OC(C)=O)cc1. The summed E-state index contributed by atoms with van der Waals surface area (Å²) >= 11 is 0. The number of nitrogens with one attached hydrogen (secondary N) is 1. The lowest BCUT2D eigenvalue weighted by Crippen LogP contribution is -2.21. The second-order valence-corrected chi connectivity index (χ2v) is 9.09. The van der Waals surface area contributed by atoms with Gasteiger partial charge in [-0.3, -0.25) is 9.59 Å². The lowest BCUT2D eigenvalue weighted by molar-refractivity contribution is -0.131. The van der Waals surface area contributed by atoms with Crippen LogP contribution in [0.1, 0.15) is 122 Å². The zero-order valence-corrected chi connectivity index (χ0v) is 21.2. The largest absolute Gasteiger partial charge is 0.427 e. The number of ether oxygens (including phenoxy) is 1. The number of esters is 1. The molecule has 4 heteroatoms. The van der Waals surface area contributed by atoms with E-state index in [1.165, 1.54) is 103 Å². The van der Waals surface area contributed by atoms with E-state index >= 15 is 0 Å². The van der Waals surface area contributed by atoms with Crippen molar-refractivity contribution in [1.82, 2.24) is 5.32 Å². The van der Waals surface area contributed by atoms with E-state index in [0.29, 0.717) is 5.75 Å². The quantitative estimate of drug-likeness (QED) is 0.0933. The van der Waals surface area contributed by atoms with Gasteiger partial charge in [-0.2, -0.15) is 0 Å². The first kappa shape index (κ1) is 28.9. The van der Waals surface area contributed by atoms with Gasteiger partial charge in [-0.15, -0.1) is 0 Å². The van der Waals surface area contributed by atoms with E-state index in [1.807, 2.05) is 12.1 Å². The van der Waals surface area contributed by atoms with E-state index in [-0.39, 0.29) is 11.9 Å². The van der Waals surface area contributed by atoms with E-state index in [9.17, 15) is 9.59 Å². The average Bonchev–Trinajstić information content (AvgIpc) is 2.80. The molecule has 0 aliphatic rings. The number of unbranched alkanes of at least 4 members (excludes halogenated alkanes) is 15. The molecule has 1 aromatic carbocycles. The smallest absolute Gasteiger partial charge is 0.308 e. The fourth-order valence-electron chi connectivity index (χ4n) is 3.93. The molecule has 1 aromatic rings. The lowest BCUT2D eigenvalue weighted by Gasteiger charge is -2.04. The highest BCUT2D eigenvalue weighted by Crippen LogP contribution is 2.14. The summed E-state index contributed by atoms with van der Waals surface area (Å²) in [4.78, 5) is 22.8. The maximum absolute atomic E-state index is 11.9. The number of rotatable bonds is 20. The Morgan fingerprint density at radius 3 is 1.64 bits per heavy atom. The molecule has 0 heterocycles. The molecule has 0 aliphatic carbocycles. The Labute approximate surface area is 202 Å². The summed E-state index contributed by atoms with van der Waals surface area (Å²) in [6.45, 7) is 4.38. The molecule has 33 heavy (non-hydrogen) atoms. The van der Waals surface area contributed by atoms with Gasteiger partial charge in [0, 0.05) is 19.5 Å². The number of hydrogen-bond acceptors (Lipinski definition) is 3. The molecular weight excluding hydrogens is 410 g/mol. The van der Waals surface area contributed by atoms with Crippen molar-refractivity contribution in [2.45, 2.75) is 117 Å². The molecule has 1 N–H and O–H groups in total. The first-order chi connectivity index (χ1) is 16.1. The fourth-order valence-corrected chi connectivity index (χ4v) is 3.93. The van der Waals surface area contributed by atoms with Gasteiger partial charge in [0.2, 0.25) is 5.91 Å². The van der Waals surface area contributed by atoms with Crippen LogP contribution in [0.25, 0.3) is 6.08 Å². The summed E-state index contributed by atoms with van der Waals surface area (Å²) in [6, 6.07) is 7.07. The predicted molar refractivity (Wildman–Crippen MR) is 139 cm³/mol. The highest BCUT2D eigenvalue weighted by Gasteiger charge is 1.99. The predicted octanol–water partition coefficient (Wildman–Crippen LogP) is 8.00. The van der Waals surface area contributed by atoms with Crippen LogP contribution in [0, 0.1) is 0 Å². The zero-order chi connectivity index (χ0) is 24.0. The molecule has 0 saturated carbocycles. The minimum absolute atomic E-state index is 0.0694. The first-order valence-corrected chi connectivity index (χ1v) is 13.4. The van der Waals surface area contributed by atoms with Crippen LogP contribution in [-0.2, 0) is 9.59 Å². The van der Waals surface area contributed by atoms with Gasteiger partial charge in [-0.1, -0.05) is 115 Å². The normalized spacial score (nSPS) is 11.1. The number of benzene rings is 1. The van der Waals surface area contributed by atoms with Gasteiger partial charge in [0.25, 0.3) is 0 Å². The van der Waals surface area contributed by atoms with Crippen molar-refractivity contribution in [3.8, 4) is 5.75 Å². The van der Waals surface area contributed by atoms with Crippen LogP contribution in [0.15, 0.2) is 30.3 Å². The number of hydrogen-bond donors (Lipinski definition) is 1. The van der Waals surface area contributed by atoms with E-state index in [4.69, 9.17) is 4.74 Å². The second-order valence-electron chi connectivity index (χ2n) is 9.09. The molecule has 186 valence electrons. The summed E-state index contributed by atoms with van der Waals surface area (Å²) < 4.78 is 5.00. The maximum atomic E-state index is 11.9. The van der Waals surface area contributed by atoms with E-state index in [1.54, 1.807) is 24.3 Å². The molecule has 0 aromatic heterocycles. The van der Waals surface area contributed by atoms with Gasteiger partial charge in [0.1, 0.15) is 5.75 Å². The Hall–Kier alpha value is -2.10. The maximum Gasteiger partial charge on any atom is 0.308 e. The lowest BCUT2D eigenvalue weighted by atomic mass is 10.0. The van der Waals surface area contributed by atoms with Crippen LogP contribution >= 0.6 is 0 Å². The molecule has 1 rings (SSSR count). The van der Waals surface area contributed by atoms with Crippen molar-refractivity contribution in [2.75, 3.05) is 6.54 Å². The van der Waals surface area contributed by atoms with Crippen molar-refractivity contribution in [3.05, 3.63) is 35.9 Å². The minimum Gasteiger partial charge on any atom is -0.427 e. The van der Waals surface area contributed by atoms with Gasteiger partial charge in [0.05, 0.1) is 0 Å². The molecule has 0 bridgehead atoms. The molecular formula is C29H47NO3. The molecule has 0 saturated heterocycles. The Morgan fingerprint density at radius 2 is 1.18 bits per heavy atom. The van der Waals surface area contributed by atoms with E-state index < -0.39 is 0 Å². The van der Waals surface area contributed by atoms with Crippen LogP contribution in [0.2, 0.25) is 0 Å². The molecule has 0 radical (unpaired) electrons. The summed E-state index contributed by atoms with van der Waals surface area (Å²) in [5, 5.41) is 2.94. The van der Waals surface area contributed by atoms with Gasteiger partial charge in [0.15, 0.2) is 0 Å². The van der Waals surface area contributed by atoms with Crippen LogP contribution in [-0.4, -0.2) is 18.4 Å². The number of carbonyl (C=O) groups is 2. The Kier molecular flexibility index (Phi) is 18.0. The minimum atomic E-state index is -0.341. The van der Waals surface area contributed by atoms with Crippen LogP contribution in [0.5, 0.6) is 5.75 Å². The van der Waals surface area contributed by atoms with E-state index in [0.717, 1.165) is 18.5 Å². The third-order valence-electron chi connectivity index (χ3n) is 5.90. The summed E-state index contributed by atoms with van der Waals surface area (Å²) in [5.41, 5.74) is 0.892. The van der Waals surface area contributed by atoms with Crippen LogP contribution in [0.4, 0.5) is 0 Å². The topological polar surface area (TPSA) is 55.4 Å². The summed E-state index contributed by atoms with van der Waals surface area (Å²) in [5.74, 6) is 0.0966. The first-order valence-electron chi connectivity index (χ1n) is 13.4. The highest BCUT2D eigenvalue weighted by molar-refractivity contribution is 5.91. The molecule has 1 amide bonds. The van der Waals surface area contributed by atoms with Gasteiger partial charge in [-0.05, 0) is 30.2 Å². The second kappa shape index (κ2) is 20.5. The Morgan fingerprint density at radius 1 is 0.727 bits per heavy atom. The molecule has 0 spiro atoms. The fraction of sp³-hybridized carbons (Fsp3) is 0.655. The zero-order valence-electron chi connectivity index (χ0n) is 21.2. The number of amides is 1. The third-order valence-corrected chi connectivity index (χ3v) is 5.90.